The van der Waals surface area contributed by atoms with Crippen molar-refractivity contribution in [2.45, 2.75) is 0 Å². The number of rotatable bonds is 4. The molecule has 0 atom stereocenters. The van der Waals surface area contributed by atoms with Crippen molar-refractivity contribution in [2.75, 3.05) is 18.4 Å². The zero-order valence-corrected chi connectivity index (χ0v) is 13.3. The summed E-state index contributed by atoms with van der Waals surface area (Å²) in [5, 5.41) is 13.4. The van der Waals surface area contributed by atoms with Crippen molar-refractivity contribution in [2.24, 2.45) is 5.92 Å². The molecule has 0 radical (unpaired) electrons. The minimum absolute atomic E-state index is 0.0125. The molecule has 1 fully saturated rings. The standard InChI is InChI=1S/C17H13F2N3O4/c18-12-6-5-10(7-13(12)19)17(24)21-8-11(9-21)16(23)20-14-3-1-2-4-15(14)22(25)26/h1-7,11H,8-9H2,(H,20,23). The third kappa shape index (κ3) is 3.37. The van der Waals surface area contributed by atoms with E-state index in [0.717, 1.165) is 12.1 Å². The fraction of sp³-hybridized carbons (Fsp3) is 0.176. The zero-order chi connectivity index (χ0) is 18.8. The average Bonchev–Trinajstić information content (AvgIpc) is 2.56. The molecule has 134 valence electrons. The summed E-state index contributed by atoms with van der Waals surface area (Å²) < 4.78 is 26.1. The first-order valence-corrected chi connectivity index (χ1v) is 7.65. The van der Waals surface area contributed by atoms with Crippen LogP contribution in [0.3, 0.4) is 0 Å². The van der Waals surface area contributed by atoms with Gasteiger partial charge in [-0.05, 0) is 24.3 Å². The number of hydrogen-bond acceptors (Lipinski definition) is 4. The number of hydrogen-bond donors (Lipinski definition) is 1. The molecule has 0 saturated carbocycles. The third-order valence-corrected chi connectivity index (χ3v) is 4.06. The molecular formula is C17H13F2N3O4. The van der Waals surface area contributed by atoms with Crippen LogP contribution < -0.4 is 5.32 Å². The molecule has 7 nitrogen and oxygen atoms in total. The van der Waals surface area contributed by atoms with Crippen LogP contribution in [-0.2, 0) is 4.79 Å². The van der Waals surface area contributed by atoms with Crippen molar-refractivity contribution in [3.05, 3.63) is 69.8 Å². The van der Waals surface area contributed by atoms with Gasteiger partial charge >= 0.3 is 0 Å². The second-order valence-electron chi connectivity index (χ2n) is 5.80. The molecule has 0 aliphatic carbocycles. The van der Waals surface area contributed by atoms with Gasteiger partial charge in [0.25, 0.3) is 11.6 Å². The van der Waals surface area contributed by atoms with Gasteiger partial charge in [-0.2, -0.15) is 0 Å². The van der Waals surface area contributed by atoms with Crippen molar-refractivity contribution >= 4 is 23.2 Å². The van der Waals surface area contributed by atoms with Crippen LogP contribution in [0, 0.1) is 27.7 Å². The fourth-order valence-electron chi connectivity index (χ4n) is 2.60. The minimum atomic E-state index is -1.12. The van der Waals surface area contributed by atoms with Crippen molar-refractivity contribution in [3.63, 3.8) is 0 Å². The number of benzene rings is 2. The van der Waals surface area contributed by atoms with E-state index in [2.05, 4.69) is 5.32 Å². The van der Waals surface area contributed by atoms with Crippen LogP contribution in [0.2, 0.25) is 0 Å². The molecule has 26 heavy (non-hydrogen) atoms. The lowest BCUT2D eigenvalue weighted by molar-refractivity contribution is -0.383. The maximum atomic E-state index is 13.2. The molecule has 2 aromatic carbocycles. The Morgan fingerprint density at radius 2 is 1.81 bits per heavy atom. The summed E-state index contributed by atoms with van der Waals surface area (Å²) in [6.45, 7) is 0.175. The van der Waals surface area contributed by atoms with E-state index in [-0.39, 0.29) is 30.0 Å². The highest BCUT2D eigenvalue weighted by molar-refractivity contribution is 5.99. The summed E-state index contributed by atoms with van der Waals surface area (Å²) >= 11 is 0. The molecule has 9 heteroatoms. The lowest BCUT2D eigenvalue weighted by atomic mass is 9.97. The maximum absolute atomic E-state index is 13.2. The first kappa shape index (κ1) is 17.5. The van der Waals surface area contributed by atoms with Gasteiger partial charge in [-0.1, -0.05) is 12.1 Å². The highest BCUT2D eigenvalue weighted by Gasteiger charge is 2.36. The minimum Gasteiger partial charge on any atom is -0.337 e. The van der Waals surface area contributed by atoms with Crippen LogP contribution in [0.15, 0.2) is 42.5 Å². The van der Waals surface area contributed by atoms with Gasteiger partial charge in [0.1, 0.15) is 5.69 Å². The second-order valence-corrected chi connectivity index (χ2v) is 5.80. The summed E-state index contributed by atoms with van der Waals surface area (Å²) in [6.07, 6.45) is 0. The molecule has 0 aromatic heterocycles. The number of halogens is 2. The number of carbonyl (C=O) groups is 2. The summed E-state index contributed by atoms with van der Waals surface area (Å²) in [4.78, 5) is 36.0. The van der Waals surface area contributed by atoms with Gasteiger partial charge in [-0.25, -0.2) is 8.78 Å². The Kier molecular flexibility index (Phi) is 4.61. The number of carbonyl (C=O) groups excluding carboxylic acids is 2. The van der Waals surface area contributed by atoms with Gasteiger partial charge in [-0.15, -0.1) is 0 Å². The Morgan fingerprint density at radius 1 is 1.12 bits per heavy atom. The molecule has 1 aliphatic heterocycles. The van der Waals surface area contributed by atoms with Gasteiger partial charge < -0.3 is 10.2 Å². The largest absolute Gasteiger partial charge is 0.337 e. The topological polar surface area (TPSA) is 92.5 Å². The van der Waals surface area contributed by atoms with Crippen LogP contribution in [-0.4, -0.2) is 34.7 Å². The molecule has 1 heterocycles. The van der Waals surface area contributed by atoms with E-state index in [1.54, 1.807) is 6.07 Å². The smallest absolute Gasteiger partial charge is 0.292 e. The van der Waals surface area contributed by atoms with Crippen LogP contribution >= 0.6 is 0 Å². The monoisotopic (exact) mass is 361 g/mol. The van der Waals surface area contributed by atoms with Gasteiger partial charge in [0.2, 0.25) is 5.91 Å². The summed E-state index contributed by atoms with van der Waals surface area (Å²) in [5.74, 6) is -3.68. The molecule has 0 unspecified atom stereocenters. The van der Waals surface area contributed by atoms with Crippen LogP contribution in [0.4, 0.5) is 20.2 Å². The van der Waals surface area contributed by atoms with Crippen LogP contribution in [0.25, 0.3) is 0 Å². The number of nitro benzene ring substituents is 1. The Hall–Kier alpha value is -3.36. The number of nitrogens with zero attached hydrogens (tertiary/aromatic N) is 2. The van der Waals surface area contributed by atoms with E-state index in [4.69, 9.17) is 0 Å². The van der Waals surface area contributed by atoms with Crippen molar-refractivity contribution in [3.8, 4) is 0 Å². The Balaban J connectivity index is 1.61. The number of nitrogens with one attached hydrogen (secondary N) is 1. The van der Waals surface area contributed by atoms with E-state index in [9.17, 15) is 28.5 Å². The first-order chi connectivity index (χ1) is 12.4. The number of nitro groups is 1. The number of para-hydroxylation sites is 2. The Labute approximate surface area is 146 Å². The summed E-state index contributed by atoms with van der Waals surface area (Å²) in [7, 11) is 0. The van der Waals surface area contributed by atoms with E-state index in [1.165, 1.54) is 29.2 Å². The molecule has 1 aliphatic rings. The van der Waals surface area contributed by atoms with E-state index in [0.29, 0.717) is 0 Å². The van der Waals surface area contributed by atoms with Crippen molar-refractivity contribution in [1.29, 1.82) is 0 Å². The molecule has 3 rings (SSSR count). The van der Waals surface area contributed by atoms with Crippen LogP contribution in [0.1, 0.15) is 10.4 Å². The quantitative estimate of drug-likeness (QED) is 0.669. The highest BCUT2D eigenvalue weighted by Crippen LogP contribution is 2.26. The number of anilines is 1. The molecule has 1 N–H and O–H groups in total. The fourth-order valence-corrected chi connectivity index (χ4v) is 2.60. The molecular weight excluding hydrogens is 348 g/mol. The number of likely N-dealkylation sites (tertiary alicyclic amines) is 1. The second kappa shape index (κ2) is 6.87. The van der Waals surface area contributed by atoms with Gasteiger partial charge in [0.15, 0.2) is 11.6 Å². The van der Waals surface area contributed by atoms with E-state index >= 15 is 0 Å². The first-order valence-electron chi connectivity index (χ1n) is 7.65. The van der Waals surface area contributed by atoms with Gasteiger partial charge in [0.05, 0.1) is 10.8 Å². The lowest BCUT2D eigenvalue weighted by Crippen LogP contribution is -2.54. The predicted octanol–water partition coefficient (Wildman–Crippen LogP) is 2.58. The van der Waals surface area contributed by atoms with Crippen molar-refractivity contribution < 1.29 is 23.3 Å². The lowest BCUT2D eigenvalue weighted by Gasteiger charge is -2.38. The van der Waals surface area contributed by atoms with Gasteiger partial charge in [0, 0.05) is 24.7 Å². The summed E-state index contributed by atoms with van der Waals surface area (Å²) in [5.41, 5.74) is -0.163. The molecule has 0 spiro atoms. The average molecular weight is 361 g/mol. The van der Waals surface area contributed by atoms with E-state index < -0.39 is 34.3 Å². The summed E-state index contributed by atoms with van der Waals surface area (Å²) in [6, 6.07) is 8.57. The normalized spacial score (nSPS) is 13.8. The third-order valence-electron chi connectivity index (χ3n) is 4.06. The Bertz CT molecular complexity index is 897. The zero-order valence-electron chi connectivity index (χ0n) is 13.3. The highest BCUT2D eigenvalue weighted by atomic mass is 19.2. The van der Waals surface area contributed by atoms with E-state index in [1.807, 2.05) is 0 Å². The van der Waals surface area contributed by atoms with Crippen molar-refractivity contribution in [1.82, 2.24) is 4.90 Å². The predicted molar refractivity (Wildman–Crippen MR) is 87.5 cm³/mol. The molecule has 1 saturated heterocycles. The molecule has 2 aromatic rings. The number of amides is 2. The Morgan fingerprint density at radius 3 is 2.46 bits per heavy atom. The van der Waals surface area contributed by atoms with Gasteiger partial charge in [-0.3, -0.25) is 19.7 Å². The SMILES string of the molecule is O=C(Nc1ccccc1[N+](=O)[O-])C1CN(C(=O)c2ccc(F)c(F)c2)C1. The molecule has 0 bridgehead atoms. The van der Waals surface area contributed by atoms with Crippen LogP contribution in [0.5, 0.6) is 0 Å². The maximum Gasteiger partial charge on any atom is 0.292 e. The molecule has 2 amide bonds.